The van der Waals surface area contributed by atoms with E-state index in [-0.39, 0.29) is 23.5 Å². The summed E-state index contributed by atoms with van der Waals surface area (Å²) < 4.78 is 79.3. The quantitative estimate of drug-likeness (QED) is 0.344. The normalized spacial score (nSPS) is 21.9. The van der Waals surface area contributed by atoms with Gasteiger partial charge in [-0.1, -0.05) is 6.92 Å². The van der Waals surface area contributed by atoms with E-state index in [1.807, 2.05) is 13.0 Å². The van der Waals surface area contributed by atoms with Crippen LogP contribution in [-0.4, -0.2) is 60.2 Å². The molecule has 14 heteroatoms. The molecule has 0 spiro atoms. The molecule has 4 atom stereocenters. The van der Waals surface area contributed by atoms with Crippen molar-refractivity contribution in [1.82, 2.24) is 19.6 Å². The van der Waals surface area contributed by atoms with Crippen LogP contribution in [0.5, 0.6) is 0 Å². The lowest BCUT2D eigenvalue weighted by Gasteiger charge is -2.38. The van der Waals surface area contributed by atoms with Crippen molar-refractivity contribution in [2.45, 2.75) is 41.9 Å². The predicted molar refractivity (Wildman–Crippen MR) is 147 cm³/mol. The summed E-state index contributed by atoms with van der Waals surface area (Å²) in [5, 5.41) is 6.96. The van der Waals surface area contributed by atoms with Crippen LogP contribution in [0.25, 0.3) is 16.8 Å². The van der Waals surface area contributed by atoms with Gasteiger partial charge in [0.15, 0.2) is 19.7 Å². The van der Waals surface area contributed by atoms with Gasteiger partial charge in [-0.05, 0) is 60.6 Å². The van der Waals surface area contributed by atoms with E-state index in [4.69, 9.17) is 5.73 Å². The van der Waals surface area contributed by atoms with Gasteiger partial charge in [-0.2, -0.15) is 9.61 Å². The topological polar surface area (TPSA) is 149 Å². The standard InChI is InChI=1S/C26H28F2N6O4S2/c1-14-8-15(9-21(29)25(14)40(3,37)38)18-6-7-30-13-23(18)32-26-31-12-16-4-5-22(33-34(16)26)24-19(27)10-17(11-20(24)28)39(2,35)36/h4-7,10-15,21,25H,8-9,29H2,1-3H3,(H,31,32)/t14-,15+,21+,25?/m0/s1. The number of nitrogens with two attached hydrogens (primary N) is 1. The molecular weight excluding hydrogens is 562 g/mol. The first-order valence-electron chi connectivity index (χ1n) is 12.4. The SMILES string of the molecule is C[C@H]1C[C@@H](c2ccncc2Nc2ncc3ccc(-c4c(F)cc(S(C)(=O)=O)cc4F)nn23)C[C@@H](N)C1S(C)(=O)=O. The van der Waals surface area contributed by atoms with Gasteiger partial charge in [-0.15, -0.1) is 0 Å². The summed E-state index contributed by atoms with van der Waals surface area (Å²) >= 11 is 0. The van der Waals surface area contributed by atoms with Crippen LogP contribution in [0.15, 0.2) is 53.8 Å². The molecule has 5 rings (SSSR count). The maximum atomic E-state index is 14.9. The first-order valence-corrected chi connectivity index (χ1v) is 16.3. The fraction of sp³-hybridized carbons (Fsp3) is 0.346. The Morgan fingerprint density at radius 3 is 2.35 bits per heavy atom. The lowest BCUT2D eigenvalue weighted by molar-refractivity contribution is 0.309. The maximum Gasteiger partial charge on any atom is 0.229 e. The van der Waals surface area contributed by atoms with E-state index in [9.17, 15) is 25.6 Å². The number of hydrogen-bond acceptors (Lipinski definition) is 9. The third-order valence-corrected chi connectivity index (χ3v) is 10.2. The monoisotopic (exact) mass is 590 g/mol. The van der Waals surface area contributed by atoms with Crippen LogP contribution in [0.3, 0.4) is 0 Å². The largest absolute Gasteiger partial charge is 0.326 e. The van der Waals surface area contributed by atoms with E-state index in [0.29, 0.717) is 24.0 Å². The zero-order valence-electron chi connectivity index (χ0n) is 21.9. The Morgan fingerprint density at radius 2 is 1.73 bits per heavy atom. The molecule has 3 aromatic heterocycles. The Labute approximate surface area is 230 Å². The number of halogens is 2. The number of sulfone groups is 2. The molecule has 0 saturated heterocycles. The van der Waals surface area contributed by atoms with E-state index in [1.54, 1.807) is 18.5 Å². The van der Waals surface area contributed by atoms with E-state index in [0.717, 1.165) is 24.0 Å². The number of fused-ring (bicyclic) bond motifs is 1. The lowest BCUT2D eigenvalue weighted by Crippen LogP contribution is -2.48. The molecule has 3 N–H and O–H groups in total. The summed E-state index contributed by atoms with van der Waals surface area (Å²) in [5.74, 6) is -2.07. The molecule has 3 heterocycles. The van der Waals surface area contributed by atoms with Crippen LogP contribution < -0.4 is 11.1 Å². The third-order valence-electron chi connectivity index (χ3n) is 7.32. The van der Waals surface area contributed by atoms with Crippen molar-refractivity contribution in [2.24, 2.45) is 11.7 Å². The molecule has 0 amide bonds. The van der Waals surface area contributed by atoms with E-state index < -0.39 is 53.1 Å². The van der Waals surface area contributed by atoms with Crippen molar-refractivity contribution in [3.8, 4) is 11.3 Å². The highest BCUT2D eigenvalue weighted by Gasteiger charge is 2.40. The van der Waals surface area contributed by atoms with Gasteiger partial charge in [-0.3, -0.25) is 4.98 Å². The fourth-order valence-corrected chi connectivity index (χ4v) is 7.99. The van der Waals surface area contributed by atoms with Gasteiger partial charge in [0.05, 0.1) is 45.0 Å². The second-order valence-corrected chi connectivity index (χ2v) is 14.6. The summed E-state index contributed by atoms with van der Waals surface area (Å²) in [6.07, 6.45) is 7.95. The zero-order valence-corrected chi connectivity index (χ0v) is 23.5. The van der Waals surface area contributed by atoms with Crippen LogP contribution in [-0.2, 0) is 19.7 Å². The maximum absolute atomic E-state index is 14.9. The highest BCUT2D eigenvalue weighted by Crippen LogP contribution is 2.41. The van der Waals surface area contributed by atoms with Crippen molar-refractivity contribution in [1.29, 1.82) is 0 Å². The van der Waals surface area contributed by atoms with Gasteiger partial charge in [0.1, 0.15) is 11.6 Å². The fourth-order valence-electron chi connectivity index (χ4n) is 5.65. The number of nitrogens with one attached hydrogen (secondary N) is 1. The minimum Gasteiger partial charge on any atom is -0.326 e. The second-order valence-electron chi connectivity index (χ2n) is 10.4. The molecule has 0 aliphatic heterocycles. The Balaban J connectivity index is 1.49. The molecule has 1 aliphatic rings. The summed E-state index contributed by atoms with van der Waals surface area (Å²) in [4.78, 5) is 8.11. The summed E-state index contributed by atoms with van der Waals surface area (Å²) in [7, 11) is -7.12. The molecule has 212 valence electrons. The number of hydrogen-bond donors (Lipinski definition) is 2. The number of imidazole rings is 1. The number of pyridine rings is 1. The molecule has 0 bridgehead atoms. The molecule has 0 radical (unpaired) electrons. The summed E-state index contributed by atoms with van der Waals surface area (Å²) in [6.45, 7) is 1.89. The number of aromatic nitrogens is 4. The van der Waals surface area contributed by atoms with E-state index in [2.05, 4.69) is 20.4 Å². The van der Waals surface area contributed by atoms with Crippen LogP contribution in [0, 0.1) is 17.6 Å². The van der Waals surface area contributed by atoms with Gasteiger partial charge in [-0.25, -0.2) is 30.6 Å². The lowest BCUT2D eigenvalue weighted by atomic mass is 9.76. The smallest absolute Gasteiger partial charge is 0.229 e. The highest BCUT2D eigenvalue weighted by molar-refractivity contribution is 7.91. The van der Waals surface area contributed by atoms with Gasteiger partial charge in [0.25, 0.3) is 0 Å². The Kier molecular flexibility index (Phi) is 7.13. The predicted octanol–water partition coefficient (Wildman–Crippen LogP) is 3.47. The molecule has 1 saturated carbocycles. The highest BCUT2D eigenvalue weighted by atomic mass is 32.2. The molecule has 10 nitrogen and oxygen atoms in total. The minimum absolute atomic E-state index is 0.0419. The zero-order chi connectivity index (χ0) is 29.0. The van der Waals surface area contributed by atoms with E-state index in [1.165, 1.54) is 23.0 Å². The Morgan fingerprint density at radius 1 is 1.02 bits per heavy atom. The third kappa shape index (κ3) is 5.30. The second kappa shape index (κ2) is 10.2. The van der Waals surface area contributed by atoms with Gasteiger partial charge < -0.3 is 11.1 Å². The molecule has 40 heavy (non-hydrogen) atoms. The molecule has 1 aliphatic carbocycles. The number of rotatable bonds is 6. The van der Waals surface area contributed by atoms with Crippen molar-refractivity contribution >= 4 is 36.8 Å². The number of anilines is 2. The van der Waals surface area contributed by atoms with Crippen LogP contribution >= 0.6 is 0 Å². The van der Waals surface area contributed by atoms with Crippen molar-refractivity contribution in [2.75, 3.05) is 17.8 Å². The van der Waals surface area contributed by atoms with Crippen molar-refractivity contribution in [3.63, 3.8) is 0 Å². The number of nitrogens with zero attached hydrogens (tertiary/aromatic N) is 4. The summed E-state index contributed by atoms with van der Waals surface area (Å²) in [6, 6.07) is 5.84. The van der Waals surface area contributed by atoms with Crippen LogP contribution in [0.2, 0.25) is 0 Å². The van der Waals surface area contributed by atoms with Gasteiger partial charge in [0.2, 0.25) is 5.95 Å². The summed E-state index contributed by atoms with van der Waals surface area (Å²) in [5.41, 5.74) is 7.83. The molecule has 4 aromatic rings. The van der Waals surface area contributed by atoms with Crippen LogP contribution in [0.4, 0.5) is 20.4 Å². The minimum atomic E-state index is -3.81. The molecule has 1 aromatic carbocycles. The molecule has 1 fully saturated rings. The first-order chi connectivity index (χ1) is 18.7. The number of benzene rings is 1. The Hall–Kier alpha value is -3.49. The van der Waals surface area contributed by atoms with Crippen molar-refractivity contribution < 1.29 is 25.6 Å². The first kappa shape index (κ1) is 28.1. The van der Waals surface area contributed by atoms with Crippen LogP contribution in [0.1, 0.15) is 31.2 Å². The molecule has 1 unspecified atom stereocenters. The van der Waals surface area contributed by atoms with Crippen molar-refractivity contribution in [3.05, 3.63) is 66.1 Å². The Bertz CT molecular complexity index is 1790. The van der Waals surface area contributed by atoms with Gasteiger partial charge in [0, 0.05) is 24.8 Å². The van der Waals surface area contributed by atoms with Gasteiger partial charge >= 0.3 is 0 Å². The average Bonchev–Trinajstić information content (AvgIpc) is 3.24. The van der Waals surface area contributed by atoms with E-state index >= 15 is 0 Å². The average molecular weight is 591 g/mol. The molecular formula is C26H28F2N6O4S2.